The molecule has 0 saturated carbocycles. The third kappa shape index (κ3) is 10.8. The van der Waals surface area contributed by atoms with E-state index in [9.17, 15) is 9.59 Å². The molecule has 1 heterocycles. The van der Waals surface area contributed by atoms with Gasteiger partial charge in [-0.15, -0.1) is 0 Å². The number of carboxylic acid groups (broad SMARTS) is 1. The van der Waals surface area contributed by atoms with Gasteiger partial charge in [-0.3, -0.25) is 9.59 Å². The van der Waals surface area contributed by atoms with Crippen LogP contribution in [0.4, 0.5) is 0 Å². The molecule has 0 aliphatic carbocycles. The summed E-state index contributed by atoms with van der Waals surface area (Å²) < 4.78 is 5.31. The number of hydrogen-bond acceptors (Lipinski definition) is 4. The van der Waals surface area contributed by atoms with E-state index in [2.05, 4.69) is 12.2 Å². The second-order valence-corrected chi connectivity index (χ2v) is 7.58. The van der Waals surface area contributed by atoms with E-state index < -0.39 is 18.1 Å². The van der Waals surface area contributed by atoms with Crippen LogP contribution in [0.2, 0.25) is 0 Å². The molecule has 0 aromatic heterocycles. The van der Waals surface area contributed by atoms with Crippen molar-refractivity contribution in [2.45, 2.75) is 115 Å². The van der Waals surface area contributed by atoms with Gasteiger partial charge in [0.2, 0.25) is 0 Å². The summed E-state index contributed by atoms with van der Waals surface area (Å²) in [6.07, 6.45) is 17.0. The first-order chi connectivity index (χ1) is 12.6. The molecule has 1 aliphatic rings. The molecule has 0 radical (unpaired) electrons. The fourth-order valence-electron chi connectivity index (χ4n) is 3.57. The van der Waals surface area contributed by atoms with Gasteiger partial charge in [-0.25, -0.2) is 0 Å². The van der Waals surface area contributed by atoms with Gasteiger partial charge < -0.3 is 15.2 Å². The molecule has 5 nitrogen and oxygen atoms in total. The Hall–Kier alpha value is -1.10. The summed E-state index contributed by atoms with van der Waals surface area (Å²) in [5.74, 6) is -1.20. The summed E-state index contributed by atoms with van der Waals surface area (Å²) in [6, 6.07) is -0.745. The van der Waals surface area contributed by atoms with Crippen LogP contribution in [-0.2, 0) is 14.3 Å². The van der Waals surface area contributed by atoms with Gasteiger partial charge in [-0.05, 0) is 19.4 Å². The van der Waals surface area contributed by atoms with Crippen molar-refractivity contribution in [1.82, 2.24) is 5.32 Å². The fourth-order valence-corrected chi connectivity index (χ4v) is 3.57. The van der Waals surface area contributed by atoms with Crippen molar-refractivity contribution in [2.75, 3.05) is 6.54 Å². The van der Waals surface area contributed by atoms with Crippen molar-refractivity contribution < 1.29 is 19.4 Å². The van der Waals surface area contributed by atoms with Crippen LogP contribution in [0.25, 0.3) is 0 Å². The van der Waals surface area contributed by atoms with Crippen LogP contribution < -0.4 is 5.32 Å². The van der Waals surface area contributed by atoms with E-state index in [1.165, 1.54) is 70.6 Å². The number of aliphatic carboxylic acids is 1. The second kappa shape index (κ2) is 15.0. The smallest absolute Gasteiger partial charge is 0.324 e. The van der Waals surface area contributed by atoms with E-state index in [4.69, 9.17) is 9.84 Å². The third-order valence-corrected chi connectivity index (χ3v) is 5.20. The van der Waals surface area contributed by atoms with Crippen molar-refractivity contribution in [3.63, 3.8) is 0 Å². The van der Waals surface area contributed by atoms with Crippen LogP contribution in [0, 0.1) is 0 Å². The lowest BCUT2D eigenvalue weighted by Gasteiger charge is -2.16. The number of carbonyl (C=O) groups is 2. The predicted molar refractivity (Wildman–Crippen MR) is 104 cm³/mol. The minimum absolute atomic E-state index is 0.256. The summed E-state index contributed by atoms with van der Waals surface area (Å²) in [6.45, 7) is 2.85. The van der Waals surface area contributed by atoms with E-state index in [0.717, 1.165) is 12.8 Å². The van der Waals surface area contributed by atoms with E-state index in [-0.39, 0.29) is 5.97 Å². The maximum atomic E-state index is 11.8. The molecular formula is C21H39NO4. The predicted octanol–water partition coefficient (Wildman–Crippen LogP) is 4.83. The highest BCUT2D eigenvalue weighted by Crippen LogP contribution is 2.15. The van der Waals surface area contributed by atoms with Gasteiger partial charge >= 0.3 is 11.9 Å². The third-order valence-electron chi connectivity index (χ3n) is 5.20. The molecule has 0 aromatic rings. The van der Waals surface area contributed by atoms with E-state index in [1.54, 1.807) is 0 Å². The minimum Gasteiger partial charge on any atom is -0.480 e. The standard InChI is InChI=1S/C21H39NO4/c1-2-3-4-5-6-7-8-9-10-11-12-13-14-15-19(23)26-18-16-17-22-20(18)21(24)25/h18,20,22H,2-17H2,1H3,(H,24,25)/t18?,20-/m0/s1. The molecule has 0 bridgehead atoms. The van der Waals surface area contributed by atoms with Gasteiger partial charge in [0.1, 0.15) is 12.1 Å². The molecule has 1 rings (SSSR count). The number of nitrogens with one attached hydrogen (secondary N) is 1. The molecule has 0 aromatic carbocycles. The van der Waals surface area contributed by atoms with Crippen LogP contribution >= 0.6 is 0 Å². The van der Waals surface area contributed by atoms with E-state index in [0.29, 0.717) is 19.4 Å². The first kappa shape index (κ1) is 22.9. The van der Waals surface area contributed by atoms with Crippen molar-refractivity contribution in [3.8, 4) is 0 Å². The SMILES string of the molecule is CCCCCCCCCCCCCCCC(=O)OC1CCN[C@@H]1C(=O)O. The lowest BCUT2D eigenvalue weighted by Crippen LogP contribution is -2.40. The van der Waals surface area contributed by atoms with Crippen molar-refractivity contribution in [1.29, 1.82) is 0 Å². The van der Waals surface area contributed by atoms with Crippen molar-refractivity contribution in [3.05, 3.63) is 0 Å². The number of ether oxygens (including phenoxy) is 1. The van der Waals surface area contributed by atoms with Crippen LogP contribution in [0.5, 0.6) is 0 Å². The van der Waals surface area contributed by atoms with E-state index in [1.807, 2.05) is 0 Å². The first-order valence-corrected chi connectivity index (χ1v) is 10.8. The highest BCUT2D eigenvalue weighted by molar-refractivity contribution is 5.76. The zero-order valence-corrected chi connectivity index (χ0v) is 16.6. The van der Waals surface area contributed by atoms with Gasteiger partial charge in [-0.1, -0.05) is 84.0 Å². The number of carbonyl (C=O) groups excluding carboxylic acids is 1. The Balaban J connectivity index is 1.87. The minimum atomic E-state index is -0.943. The number of esters is 1. The first-order valence-electron chi connectivity index (χ1n) is 10.8. The summed E-state index contributed by atoms with van der Waals surface area (Å²) in [5, 5.41) is 11.9. The molecule has 2 atom stereocenters. The maximum absolute atomic E-state index is 11.8. The highest BCUT2D eigenvalue weighted by atomic mass is 16.5. The Labute approximate surface area is 159 Å². The lowest BCUT2D eigenvalue weighted by atomic mass is 10.0. The molecule has 26 heavy (non-hydrogen) atoms. The van der Waals surface area contributed by atoms with Gasteiger partial charge in [0.15, 0.2) is 0 Å². The molecule has 0 amide bonds. The average Bonchev–Trinajstić information content (AvgIpc) is 3.07. The average molecular weight is 370 g/mol. The molecule has 1 aliphatic heterocycles. The second-order valence-electron chi connectivity index (χ2n) is 7.58. The van der Waals surface area contributed by atoms with Gasteiger partial charge in [0.05, 0.1) is 0 Å². The Morgan fingerprint density at radius 3 is 1.88 bits per heavy atom. The summed E-state index contributed by atoms with van der Waals surface area (Å²) in [4.78, 5) is 22.9. The van der Waals surface area contributed by atoms with Crippen molar-refractivity contribution in [2.24, 2.45) is 0 Å². The molecule has 1 unspecified atom stereocenters. The van der Waals surface area contributed by atoms with Crippen LogP contribution in [0.3, 0.4) is 0 Å². The topological polar surface area (TPSA) is 75.6 Å². The zero-order chi connectivity index (χ0) is 19.0. The Morgan fingerprint density at radius 1 is 0.885 bits per heavy atom. The van der Waals surface area contributed by atoms with Gasteiger partial charge in [0.25, 0.3) is 0 Å². The molecule has 2 N–H and O–H groups in total. The number of rotatable bonds is 16. The molecule has 1 fully saturated rings. The molecule has 1 saturated heterocycles. The Bertz CT molecular complexity index is 386. The maximum Gasteiger partial charge on any atom is 0.324 e. The van der Waals surface area contributed by atoms with Crippen LogP contribution in [-0.4, -0.2) is 35.7 Å². The van der Waals surface area contributed by atoms with Gasteiger partial charge in [-0.2, -0.15) is 0 Å². The lowest BCUT2D eigenvalue weighted by molar-refractivity contribution is -0.153. The fraction of sp³-hybridized carbons (Fsp3) is 0.905. The Morgan fingerprint density at radius 2 is 1.38 bits per heavy atom. The van der Waals surface area contributed by atoms with E-state index >= 15 is 0 Å². The molecule has 0 spiro atoms. The van der Waals surface area contributed by atoms with Crippen LogP contribution in [0.15, 0.2) is 0 Å². The largest absolute Gasteiger partial charge is 0.480 e. The molecule has 152 valence electrons. The number of hydrogen-bond donors (Lipinski definition) is 2. The van der Waals surface area contributed by atoms with Crippen molar-refractivity contribution >= 4 is 11.9 Å². The normalized spacial score (nSPS) is 19.6. The summed E-state index contributed by atoms with van der Waals surface area (Å²) in [5.41, 5.74) is 0. The number of carboxylic acids is 1. The summed E-state index contributed by atoms with van der Waals surface area (Å²) >= 11 is 0. The monoisotopic (exact) mass is 369 g/mol. The van der Waals surface area contributed by atoms with Gasteiger partial charge in [0, 0.05) is 6.42 Å². The quantitative estimate of drug-likeness (QED) is 0.301. The Kier molecular flexibility index (Phi) is 13.2. The number of unbranched alkanes of at least 4 members (excludes halogenated alkanes) is 12. The molecular weight excluding hydrogens is 330 g/mol. The molecule has 5 heteroatoms. The van der Waals surface area contributed by atoms with Crippen LogP contribution in [0.1, 0.15) is 103 Å². The summed E-state index contributed by atoms with van der Waals surface area (Å²) in [7, 11) is 0. The highest BCUT2D eigenvalue weighted by Gasteiger charge is 2.35. The zero-order valence-electron chi connectivity index (χ0n) is 16.6.